The number of hydrogen-bond donors (Lipinski definition) is 1. The van der Waals surface area contributed by atoms with Gasteiger partial charge in [-0.15, -0.1) is 0 Å². The van der Waals surface area contributed by atoms with Crippen LogP contribution in [0.3, 0.4) is 0 Å². The smallest absolute Gasteiger partial charge is 0.417 e. The van der Waals surface area contributed by atoms with Crippen molar-refractivity contribution in [2.24, 2.45) is 0 Å². The number of hydrogen-bond acceptors (Lipinski definition) is 6. The second kappa shape index (κ2) is 11.6. The Balaban J connectivity index is 1.71. The van der Waals surface area contributed by atoms with Crippen LogP contribution in [0, 0.1) is 11.3 Å². The highest BCUT2D eigenvalue weighted by atomic mass is 19.4. The number of imide groups is 1. The number of carbonyl (C=O) groups is 3. The number of esters is 1. The van der Waals surface area contributed by atoms with Crippen molar-refractivity contribution in [3.8, 4) is 6.07 Å². The van der Waals surface area contributed by atoms with Crippen LogP contribution in [0.2, 0.25) is 0 Å². The second-order valence-corrected chi connectivity index (χ2v) is 10.2. The fourth-order valence-electron chi connectivity index (χ4n) is 4.57. The SMILES string of the molecule is CCOC(=O)c1ccc(Nc2cc(C(F)(F)F)ccc2CN2C(=O)N(c3ccc(C#N)c(C(F)(F)F)c3)C(=O)C2(C)C)cc1. The molecule has 0 spiro atoms. The Kier molecular flexibility index (Phi) is 8.37. The van der Waals surface area contributed by atoms with Crippen LogP contribution in [0.15, 0.2) is 60.7 Å². The number of urea groups is 1. The van der Waals surface area contributed by atoms with Crippen LogP contribution < -0.4 is 10.2 Å². The van der Waals surface area contributed by atoms with E-state index in [1.807, 2.05) is 0 Å². The van der Waals surface area contributed by atoms with E-state index in [0.717, 1.165) is 35.2 Å². The van der Waals surface area contributed by atoms with Gasteiger partial charge >= 0.3 is 24.4 Å². The Hall–Kier alpha value is -5.06. The van der Waals surface area contributed by atoms with Crippen molar-refractivity contribution in [3.05, 3.63) is 88.5 Å². The average molecular weight is 619 g/mol. The monoisotopic (exact) mass is 618 g/mol. The summed E-state index contributed by atoms with van der Waals surface area (Å²) in [6.45, 7) is 4.08. The summed E-state index contributed by atoms with van der Waals surface area (Å²) in [5, 5.41) is 11.9. The van der Waals surface area contributed by atoms with Gasteiger partial charge in [0.1, 0.15) is 5.54 Å². The number of halogens is 6. The molecule has 0 aliphatic carbocycles. The third kappa shape index (κ3) is 6.17. The zero-order valence-electron chi connectivity index (χ0n) is 23.4. The van der Waals surface area contributed by atoms with Crippen LogP contribution in [-0.2, 0) is 28.4 Å². The van der Waals surface area contributed by atoms with Crippen LogP contribution in [0.4, 0.5) is 48.2 Å². The third-order valence-electron chi connectivity index (χ3n) is 6.95. The molecule has 0 aromatic heterocycles. The lowest BCUT2D eigenvalue weighted by molar-refractivity contribution is -0.138. The zero-order valence-corrected chi connectivity index (χ0v) is 23.4. The van der Waals surface area contributed by atoms with Gasteiger partial charge in [0.25, 0.3) is 5.91 Å². The fraction of sp³-hybridized carbons (Fsp3) is 0.267. The highest BCUT2D eigenvalue weighted by Crippen LogP contribution is 2.40. The van der Waals surface area contributed by atoms with E-state index < -0.39 is 64.7 Å². The number of benzene rings is 3. The lowest BCUT2D eigenvalue weighted by atomic mass is 10.0. The van der Waals surface area contributed by atoms with Gasteiger partial charge in [-0.05, 0) is 80.9 Å². The van der Waals surface area contributed by atoms with Gasteiger partial charge in [0.2, 0.25) is 0 Å². The van der Waals surface area contributed by atoms with Crippen LogP contribution in [0.1, 0.15) is 53.4 Å². The first-order chi connectivity index (χ1) is 20.5. The molecule has 0 atom stereocenters. The standard InChI is InChI=1S/C30H24F6N4O4/c1-4-44-25(41)17-6-10-21(11-7-17)38-24-13-20(29(31,32)33)9-5-19(24)16-39-27(43)40(26(42)28(39,2)3)22-12-8-18(15-37)23(14-22)30(34,35)36/h5-14,38H,4,16H2,1-3H3. The molecule has 0 bridgehead atoms. The van der Waals surface area contributed by atoms with E-state index in [1.54, 1.807) is 6.92 Å². The highest BCUT2D eigenvalue weighted by Gasteiger charge is 2.52. The van der Waals surface area contributed by atoms with E-state index in [0.29, 0.717) is 16.7 Å². The Morgan fingerprint density at radius 3 is 2.18 bits per heavy atom. The first-order valence-corrected chi connectivity index (χ1v) is 13.0. The molecule has 4 rings (SSSR count). The molecule has 3 aromatic carbocycles. The van der Waals surface area contributed by atoms with Gasteiger partial charge in [-0.2, -0.15) is 31.6 Å². The predicted molar refractivity (Wildman–Crippen MR) is 146 cm³/mol. The molecule has 1 aliphatic heterocycles. The number of amides is 3. The largest absolute Gasteiger partial charge is 0.462 e. The molecule has 0 unspecified atom stereocenters. The first-order valence-electron chi connectivity index (χ1n) is 13.0. The summed E-state index contributed by atoms with van der Waals surface area (Å²) in [5.74, 6) is -1.47. The minimum absolute atomic E-state index is 0.0732. The summed E-state index contributed by atoms with van der Waals surface area (Å²) < 4.78 is 86.5. The number of carbonyl (C=O) groups excluding carboxylic acids is 3. The third-order valence-corrected chi connectivity index (χ3v) is 6.95. The molecule has 0 saturated carbocycles. The second-order valence-electron chi connectivity index (χ2n) is 10.2. The lowest BCUT2D eigenvalue weighted by Gasteiger charge is -2.29. The molecule has 3 aromatic rings. The summed E-state index contributed by atoms with van der Waals surface area (Å²) in [6, 6.07) is 11.3. The maximum Gasteiger partial charge on any atom is 0.417 e. The summed E-state index contributed by atoms with van der Waals surface area (Å²) in [7, 11) is 0. The van der Waals surface area contributed by atoms with E-state index in [1.165, 1.54) is 44.2 Å². The molecule has 3 amide bonds. The van der Waals surface area contributed by atoms with Gasteiger partial charge in [0.15, 0.2) is 0 Å². The van der Waals surface area contributed by atoms with E-state index in [4.69, 9.17) is 10.00 Å². The Morgan fingerprint density at radius 1 is 0.955 bits per heavy atom. The molecular formula is C30H24F6N4O4. The highest BCUT2D eigenvalue weighted by molar-refractivity contribution is 6.23. The zero-order chi connectivity index (χ0) is 32.6. The predicted octanol–water partition coefficient (Wildman–Crippen LogP) is 7.26. The van der Waals surface area contributed by atoms with Gasteiger partial charge in [-0.25, -0.2) is 14.5 Å². The van der Waals surface area contributed by atoms with Crippen molar-refractivity contribution in [2.75, 3.05) is 16.8 Å². The first kappa shape index (κ1) is 31.9. The molecule has 14 heteroatoms. The Morgan fingerprint density at radius 2 is 1.61 bits per heavy atom. The van der Waals surface area contributed by atoms with Crippen LogP contribution in [-0.4, -0.2) is 35.0 Å². The normalized spacial score (nSPS) is 14.9. The molecule has 1 fully saturated rings. The Bertz CT molecular complexity index is 1660. The minimum atomic E-state index is -4.95. The van der Waals surface area contributed by atoms with Gasteiger partial charge in [0, 0.05) is 11.4 Å². The number of anilines is 3. The van der Waals surface area contributed by atoms with E-state index in [2.05, 4.69) is 5.32 Å². The van der Waals surface area contributed by atoms with Gasteiger partial charge in [-0.1, -0.05) is 6.07 Å². The van der Waals surface area contributed by atoms with Crippen LogP contribution in [0.5, 0.6) is 0 Å². The van der Waals surface area contributed by atoms with E-state index in [-0.39, 0.29) is 23.4 Å². The average Bonchev–Trinajstić information content (AvgIpc) is 3.11. The number of rotatable bonds is 7. The van der Waals surface area contributed by atoms with E-state index in [9.17, 15) is 40.7 Å². The molecule has 8 nitrogen and oxygen atoms in total. The molecule has 1 heterocycles. The summed E-state index contributed by atoms with van der Waals surface area (Å²) in [5.41, 5.74) is -4.50. The molecular weight excluding hydrogens is 594 g/mol. The summed E-state index contributed by atoms with van der Waals surface area (Å²) >= 11 is 0. The summed E-state index contributed by atoms with van der Waals surface area (Å²) in [4.78, 5) is 40.4. The van der Waals surface area contributed by atoms with E-state index >= 15 is 0 Å². The number of alkyl halides is 6. The van der Waals surface area contributed by atoms with Crippen LogP contribution in [0.25, 0.3) is 0 Å². The number of nitrogens with one attached hydrogen (secondary N) is 1. The van der Waals surface area contributed by atoms with Crippen molar-refractivity contribution in [3.63, 3.8) is 0 Å². The maximum atomic E-state index is 13.6. The van der Waals surface area contributed by atoms with Crippen LogP contribution >= 0.6 is 0 Å². The number of ether oxygens (including phenoxy) is 1. The van der Waals surface area contributed by atoms with Crippen molar-refractivity contribution >= 4 is 35.0 Å². The quantitative estimate of drug-likeness (QED) is 0.170. The molecule has 230 valence electrons. The lowest BCUT2D eigenvalue weighted by Crippen LogP contribution is -2.43. The van der Waals surface area contributed by atoms with Crippen molar-refractivity contribution in [2.45, 2.75) is 45.2 Å². The van der Waals surface area contributed by atoms with Gasteiger partial charge < -0.3 is 15.0 Å². The Labute approximate surface area is 247 Å². The number of nitrogens with zero attached hydrogens (tertiary/aromatic N) is 3. The topological polar surface area (TPSA) is 103 Å². The minimum Gasteiger partial charge on any atom is -0.462 e. The summed E-state index contributed by atoms with van der Waals surface area (Å²) in [6.07, 6.45) is -9.67. The molecule has 1 aliphatic rings. The van der Waals surface area contributed by atoms with Gasteiger partial charge in [0.05, 0.1) is 47.2 Å². The van der Waals surface area contributed by atoms with Crippen molar-refractivity contribution < 1.29 is 45.5 Å². The van der Waals surface area contributed by atoms with Gasteiger partial charge in [-0.3, -0.25) is 4.79 Å². The number of nitriles is 1. The maximum absolute atomic E-state index is 13.6. The molecule has 1 saturated heterocycles. The molecule has 0 radical (unpaired) electrons. The fourth-order valence-corrected chi connectivity index (χ4v) is 4.57. The van der Waals surface area contributed by atoms with Crippen molar-refractivity contribution in [1.82, 2.24) is 4.90 Å². The van der Waals surface area contributed by atoms with Crippen molar-refractivity contribution in [1.29, 1.82) is 5.26 Å². The molecule has 44 heavy (non-hydrogen) atoms. The molecule has 1 N–H and O–H groups in total.